The van der Waals surface area contributed by atoms with E-state index in [1.165, 1.54) is 51.4 Å². The van der Waals surface area contributed by atoms with Gasteiger partial charge in [0.15, 0.2) is 0 Å². The molecule has 0 saturated carbocycles. The molecule has 0 amide bonds. The van der Waals surface area contributed by atoms with Crippen LogP contribution in [0.15, 0.2) is 0 Å². The van der Waals surface area contributed by atoms with Gasteiger partial charge in [0.05, 0.1) is 0 Å². The van der Waals surface area contributed by atoms with E-state index in [-0.39, 0.29) is 11.3 Å². The first-order chi connectivity index (χ1) is 15.3. The molecule has 0 saturated heterocycles. The van der Waals surface area contributed by atoms with Gasteiger partial charge in [0.2, 0.25) is 0 Å². The van der Waals surface area contributed by atoms with Gasteiger partial charge in [0.1, 0.15) is 0 Å². The SMILES string of the molecule is CCCCC(CCCC)(CCCC)C(CC)CCC(F)(F)F.CCCCCCCCCC. The summed E-state index contributed by atoms with van der Waals surface area (Å²) in [7, 11) is 0. The molecule has 3 heteroatoms. The lowest BCUT2D eigenvalue weighted by Gasteiger charge is -2.42. The minimum atomic E-state index is -4.01. The first-order valence-electron chi connectivity index (χ1n) is 14.3. The van der Waals surface area contributed by atoms with E-state index in [9.17, 15) is 13.2 Å². The highest BCUT2D eigenvalue weighted by molar-refractivity contribution is 4.86. The zero-order chi connectivity index (χ0) is 24.7. The fourth-order valence-electron chi connectivity index (χ4n) is 5.06. The fraction of sp³-hybridized carbons (Fsp3) is 1.00. The molecule has 0 N–H and O–H groups in total. The molecule has 0 aliphatic carbocycles. The zero-order valence-electron chi connectivity index (χ0n) is 22.9. The molecule has 0 aromatic rings. The van der Waals surface area contributed by atoms with Crippen molar-refractivity contribution in [2.45, 2.75) is 176 Å². The highest BCUT2D eigenvalue weighted by Gasteiger charge is 2.38. The van der Waals surface area contributed by atoms with Crippen molar-refractivity contribution in [1.29, 1.82) is 0 Å². The fourth-order valence-corrected chi connectivity index (χ4v) is 5.06. The monoisotopic (exact) mass is 464 g/mol. The van der Waals surface area contributed by atoms with Gasteiger partial charge in [-0.1, -0.05) is 138 Å². The Hall–Kier alpha value is -0.210. The van der Waals surface area contributed by atoms with Crippen molar-refractivity contribution in [3.63, 3.8) is 0 Å². The van der Waals surface area contributed by atoms with Crippen molar-refractivity contribution in [1.82, 2.24) is 0 Å². The summed E-state index contributed by atoms with van der Waals surface area (Å²) < 4.78 is 38.1. The number of halogens is 3. The number of rotatable bonds is 20. The number of unbranched alkanes of at least 4 members (excludes halogenated alkanes) is 10. The second-order valence-corrected chi connectivity index (χ2v) is 10.1. The van der Waals surface area contributed by atoms with Crippen LogP contribution >= 0.6 is 0 Å². The molecular formula is C29H59F3. The van der Waals surface area contributed by atoms with Gasteiger partial charge >= 0.3 is 6.18 Å². The third-order valence-electron chi connectivity index (χ3n) is 7.18. The van der Waals surface area contributed by atoms with E-state index in [0.29, 0.717) is 6.42 Å². The van der Waals surface area contributed by atoms with E-state index in [0.717, 1.165) is 64.2 Å². The molecule has 0 aromatic heterocycles. The quantitative estimate of drug-likeness (QED) is 0.157. The van der Waals surface area contributed by atoms with E-state index in [2.05, 4.69) is 41.5 Å². The number of alkyl halides is 3. The van der Waals surface area contributed by atoms with Crippen LogP contribution in [-0.4, -0.2) is 6.18 Å². The molecule has 0 nitrogen and oxygen atoms in total. The molecule has 196 valence electrons. The molecule has 0 aliphatic rings. The van der Waals surface area contributed by atoms with Gasteiger partial charge in [-0.3, -0.25) is 0 Å². The third kappa shape index (κ3) is 19.3. The lowest BCUT2D eigenvalue weighted by atomic mass is 9.63. The summed E-state index contributed by atoms with van der Waals surface area (Å²) in [5.74, 6) is 0.221. The Morgan fingerprint density at radius 3 is 1.09 bits per heavy atom. The van der Waals surface area contributed by atoms with Gasteiger partial charge in [0.25, 0.3) is 0 Å². The van der Waals surface area contributed by atoms with E-state index < -0.39 is 12.6 Å². The summed E-state index contributed by atoms with van der Waals surface area (Å²) in [5, 5.41) is 0. The molecule has 0 aliphatic heterocycles. The van der Waals surface area contributed by atoms with Crippen molar-refractivity contribution >= 4 is 0 Å². The van der Waals surface area contributed by atoms with Crippen molar-refractivity contribution in [2.75, 3.05) is 0 Å². The molecule has 1 unspecified atom stereocenters. The topological polar surface area (TPSA) is 0 Å². The molecule has 1 atom stereocenters. The summed E-state index contributed by atoms with van der Waals surface area (Å²) in [6, 6.07) is 0. The van der Waals surface area contributed by atoms with Crippen molar-refractivity contribution < 1.29 is 13.2 Å². The Morgan fingerprint density at radius 2 is 0.812 bits per heavy atom. The Labute approximate surface area is 200 Å². The average Bonchev–Trinajstić information content (AvgIpc) is 2.76. The van der Waals surface area contributed by atoms with Gasteiger partial charge in [0, 0.05) is 6.42 Å². The summed E-state index contributed by atoms with van der Waals surface area (Å²) >= 11 is 0. The highest BCUT2D eigenvalue weighted by atomic mass is 19.4. The van der Waals surface area contributed by atoms with Crippen LogP contribution in [0.25, 0.3) is 0 Å². The molecule has 32 heavy (non-hydrogen) atoms. The first-order valence-corrected chi connectivity index (χ1v) is 14.3. The minimum Gasteiger partial charge on any atom is -0.171 e. The molecule has 0 radical (unpaired) electrons. The van der Waals surface area contributed by atoms with Crippen LogP contribution in [0.4, 0.5) is 13.2 Å². The molecule has 0 rings (SSSR count). The largest absolute Gasteiger partial charge is 0.389 e. The minimum absolute atomic E-state index is 0.141. The van der Waals surface area contributed by atoms with Crippen LogP contribution in [0.2, 0.25) is 0 Å². The lowest BCUT2D eigenvalue weighted by molar-refractivity contribution is -0.140. The van der Waals surface area contributed by atoms with E-state index in [4.69, 9.17) is 0 Å². The van der Waals surface area contributed by atoms with Crippen molar-refractivity contribution in [3.8, 4) is 0 Å². The number of hydrogen-bond acceptors (Lipinski definition) is 0. The lowest BCUT2D eigenvalue weighted by Crippen LogP contribution is -2.32. The standard InChI is InChI=1S/C19H37F3.C10H22/c1-5-9-13-18(14-10-6-2,15-11-7-3)17(8-4)12-16-19(20,21)22;1-3-5-7-9-10-8-6-4-2/h17H,5-16H2,1-4H3;3-10H2,1-2H3. The van der Waals surface area contributed by atoms with Crippen LogP contribution < -0.4 is 0 Å². The zero-order valence-corrected chi connectivity index (χ0v) is 22.9. The average molecular weight is 465 g/mol. The smallest absolute Gasteiger partial charge is 0.171 e. The van der Waals surface area contributed by atoms with Crippen LogP contribution in [0.5, 0.6) is 0 Å². The summed E-state index contributed by atoms with van der Waals surface area (Å²) in [6.45, 7) is 13.2. The van der Waals surface area contributed by atoms with Crippen molar-refractivity contribution in [3.05, 3.63) is 0 Å². The Morgan fingerprint density at radius 1 is 0.469 bits per heavy atom. The maximum Gasteiger partial charge on any atom is 0.389 e. The third-order valence-corrected chi connectivity index (χ3v) is 7.18. The predicted octanol–water partition coefficient (Wildman–Crippen LogP) is 12.1. The highest BCUT2D eigenvalue weighted by Crippen LogP contribution is 2.47. The van der Waals surface area contributed by atoms with E-state index in [1.807, 2.05) is 0 Å². The van der Waals surface area contributed by atoms with Crippen LogP contribution in [0, 0.1) is 11.3 Å². The molecule has 0 spiro atoms. The van der Waals surface area contributed by atoms with Crippen LogP contribution in [0.1, 0.15) is 170 Å². The second-order valence-electron chi connectivity index (χ2n) is 10.1. The Kier molecular flexibility index (Phi) is 24.0. The maximum absolute atomic E-state index is 12.7. The summed E-state index contributed by atoms with van der Waals surface area (Å²) in [6.07, 6.45) is 18.2. The number of hydrogen-bond donors (Lipinski definition) is 0. The first kappa shape index (κ1) is 34.0. The van der Waals surface area contributed by atoms with Crippen molar-refractivity contribution in [2.24, 2.45) is 11.3 Å². The molecule has 0 aromatic carbocycles. The molecule has 0 bridgehead atoms. The summed E-state index contributed by atoms with van der Waals surface area (Å²) in [4.78, 5) is 0. The van der Waals surface area contributed by atoms with E-state index >= 15 is 0 Å². The normalized spacial score (nSPS) is 13.0. The van der Waals surface area contributed by atoms with Gasteiger partial charge in [-0.2, -0.15) is 13.2 Å². The summed E-state index contributed by atoms with van der Waals surface area (Å²) in [5.41, 5.74) is 0.141. The molecule has 0 heterocycles. The van der Waals surface area contributed by atoms with Gasteiger partial charge in [-0.25, -0.2) is 0 Å². The Bertz CT molecular complexity index is 332. The van der Waals surface area contributed by atoms with Gasteiger partial charge < -0.3 is 0 Å². The van der Waals surface area contributed by atoms with E-state index in [1.54, 1.807) is 0 Å². The van der Waals surface area contributed by atoms with Gasteiger partial charge in [-0.15, -0.1) is 0 Å². The molecule has 0 fully saturated rings. The second kappa shape index (κ2) is 22.6. The van der Waals surface area contributed by atoms with Crippen LogP contribution in [0.3, 0.4) is 0 Å². The van der Waals surface area contributed by atoms with Crippen LogP contribution in [-0.2, 0) is 0 Å². The Balaban J connectivity index is 0. The maximum atomic E-state index is 12.7. The molecular weight excluding hydrogens is 405 g/mol. The van der Waals surface area contributed by atoms with Gasteiger partial charge in [-0.05, 0) is 37.0 Å². The predicted molar refractivity (Wildman–Crippen MR) is 138 cm³/mol.